The fraction of sp³-hybridized carbons (Fsp3) is 0.308. The number of nitrogens with zero attached hydrogens (tertiary/aromatic N) is 3. The zero-order valence-electron chi connectivity index (χ0n) is 11.7. The number of nitrogens with one attached hydrogen (secondary N) is 1. The summed E-state index contributed by atoms with van der Waals surface area (Å²) in [6.45, 7) is 2.13. The predicted octanol–water partition coefficient (Wildman–Crippen LogP) is 0.923. The summed E-state index contributed by atoms with van der Waals surface area (Å²) in [5, 5.41) is 4.60. The minimum absolute atomic E-state index is 0.348. The molecule has 5 N–H and O–H groups in total. The van der Waals surface area contributed by atoms with Crippen LogP contribution in [0.1, 0.15) is 5.56 Å². The van der Waals surface area contributed by atoms with E-state index in [0.29, 0.717) is 29.9 Å². The summed E-state index contributed by atoms with van der Waals surface area (Å²) in [4.78, 5) is 12.7. The summed E-state index contributed by atoms with van der Waals surface area (Å²) in [7, 11) is 1.68. The van der Waals surface area contributed by atoms with E-state index in [1.807, 2.05) is 12.1 Å². The molecule has 0 aliphatic carbocycles. The van der Waals surface area contributed by atoms with Crippen LogP contribution < -0.4 is 16.8 Å². The van der Waals surface area contributed by atoms with Crippen LogP contribution in [0.3, 0.4) is 0 Å². The maximum absolute atomic E-state index is 5.67. The number of hydrogen-bond acceptors (Lipinski definition) is 8. The summed E-state index contributed by atoms with van der Waals surface area (Å²) in [5.74, 6) is 0.696. The second kappa shape index (κ2) is 7.77. The Balaban J connectivity index is 2.08. The molecule has 7 nitrogen and oxygen atoms in total. The molecule has 0 atom stereocenters. The van der Waals surface area contributed by atoms with Gasteiger partial charge in [0.15, 0.2) is 5.16 Å². The van der Waals surface area contributed by atoms with Gasteiger partial charge in [0.05, 0.1) is 6.61 Å². The van der Waals surface area contributed by atoms with Crippen LogP contribution in [0, 0.1) is 0 Å². The van der Waals surface area contributed by atoms with E-state index in [1.165, 1.54) is 17.8 Å². The Morgan fingerprint density at radius 3 is 2.76 bits per heavy atom. The fourth-order valence-corrected chi connectivity index (χ4v) is 2.50. The number of nitrogens with two attached hydrogens (primary N) is 2. The lowest BCUT2D eigenvalue weighted by molar-refractivity contribution is 0.199. The van der Waals surface area contributed by atoms with Crippen LogP contribution in [0.5, 0.6) is 0 Å². The second-order valence-electron chi connectivity index (χ2n) is 4.24. The quantitative estimate of drug-likeness (QED) is 0.511. The Bertz CT molecular complexity index is 574. The average Bonchev–Trinajstić information content (AvgIpc) is 2.44. The molecule has 8 heteroatoms. The molecule has 2 heterocycles. The highest BCUT2D eigenvalue weighted by Gasteiger charge is 2.09. The molecule has 2 aromatic rings. The molecule has 112 valence electrons. The lowest BCUT2D eigenvalue weighted by atomic mass is 10.3. The third kappa shape index (κ3) is 4.85. The van der Waals surface area contributed by atoms with Crippen LogP contribution in [0.2, 0.25) is 0 Å². The van der Waals surface area contributed by atoms with Gasteiger partial charge < -0.3 is 21.5 Å². The number of nitrogen functional groups attached to an aromatic ring is 2. The zero-order valence-corrected chi connectivity index (χ0v) is 12.6. The van der Waals surface area contributed by atoms with Crippen molar-refractivity contribution in [2.45, 2.75) is 16.7 Å². The first-order chi connectivity index (χ1) is 10.2. The summed E-state index contributed by atoms with van der Waals surface area (Å²) in [6.07, 6.45) is 1.73. The Kier molecular flexibility index (Phi) is 5.73. The summed E-state index contributed by atoms with van der Waals surface area (Å²) >= 11 is 1.34. The number of hydrogen-bond donors (Lipinski definition) is 3. The molecule has 0 fully saturated rings. The Labute approximate surface area is 127 Å². The number of methoxy groups -OCH3 is 1. The predicted molar refractivity (Wildman–Crippen MR) is 82.8 cm³/mol. The normalized spacial score (nSPS) is 10.7. The second-order valence-corrected chi connectivity index (χ2v) is 5.20. The molecular formula is C13H18N6OS. The van der Waals surface area contributed by atoms with Crippen molar-refractivity contribution in [3.8, 4) is 0 Å². The van der Waals surface area contributed by atoms with E-state index in [1.54, 1.807) is 13.3 Å². The van der Waals surface area contributed by atoms with Crippen LogP contribution in [-0.2, 0) is 11.3 Å². The topological polar surface area (TPSA) is 112 Å². The number of rotatable bonds is 7. The average molecular weight is 306 g/mol. The highest BCUT2D eigenvalue weighted by Crippen LogP contribution is 2.26. The van der Waals surface area contributed by atoms with E-state index in [4.69, 9.17) is 16.2 Å². The molecule has 2 rings (SSSR count). The van der Waals surface area contributed by atoms with E-state index >= 15 is 0 Å². The summed E-state index contributed by atoms with van der Waals surface area (Å²) in [6, 6.07) is 5.42. The van der Waals surface area contributed by atoms with E-state index in [-0.39, 0.29) is 0 Å². The van der Waals surface area contributed by atoms with E-state index in [2.05, 4.69) is 20.3 Å². The van der Waals surface area contributed by atoms with Gasteiger partial charge in [-0.25, -0.2) is 15.0 Å². The van der Waals surface area contributed by atoms with Gasteiger partial charge in [0, 0.05) is 32.5 Å². The summed E-state index contributed by atoms with van der Waals surface area (Å²) < 4.78 is 5.00. The number of aromatic nitrogens is 3. The highest BCUT2D eigenvalue weighted by atomic mass is 32.2. The summed E-state index contributed by atoms with van der Waals surface area (Å²) in [5.41, 5.74) is 12.4. The molecule has 0 saturated carbocycles. The molecule has 0 aliphatic heterocycles. The number of pyridine rings is 1. The number of anilines is 2. The molecule has 0 spiro atoms. The maximum atomic E-state index is 5.67. The van der Waals surface area contributed by atoms with Crippen molar-refractivity contribution >= 4 is 23.4 Å². The third-order valence-corrected chi connectivity index (χ3v) is 3.51. The van der Waals surface area contributed by atoms with Crippen LogP contribution in [0.15, 0.2) is 34.6 Å². The molecule has 21 heavy (non-hydrogen) atoms. The van der Waals surface area contributed by atoms with Gasteiger partial charge in [0.2, 0.25) is 0 Å². The largest absolute Gasteiger partial charge is 0.383 e. The van der Waals surface area contributed by atoms with Gasteiger partial charge in [0.25, 0.3) is 0 Å². The van der Waals surface area contributed by atoms with Gasteiger partial charge in [-0.1, -0.05) is 6.07 Å². The van der Waals surface area contributed by atoms with Crippen molar-refractivity contribution < 1.29 is 4.74 Å². The Morgan fingerprint density at radius 1 is 1.29 bits per heavy atom. The van der Waals surface area contributed by atoms with Crippen LogP contribution >= 0.6 is 11.8 Å². The van der Waals surface area contributed by atoms with Crippen LogP contribution in [0.4, 0.5) is 11.6 Å². The Hall–Kier alpha value is -1.90. The molecule has 0 saturated heterocycles. The lowest BCUT2D eigenvalue weighted by Crippen LogP contribution is -2.19. The van der Waals surface area contributed by atoms with E-state index < -0.39 is 0 Å². The van der Waals surface area contributed by atoms with Crippen molar-refractivity contribution in [2.75, 3.05) is 31.7 Å². The standard InChI is InChI=1S/C13H18N6OS/c1-20-6-5-16-8-9-3-2-4-17-12(9)21-13-18-10(14)7-11(15)19-13/h2-4,7,16H,5-6,8H2,1H3,(H4,14,15,18,19). The van der Waals surface area contributed by atoms with Crippen LogP contribution in [-0.4, -0.2) is 35.2 Å². The van der Waals surface area contributed by atoms with Crippen molar-refractivity contribution in [1.29, 1.82) is 0 Å². The molecular weight excluding hydrogens is 288 g/mol. The van der Waals surface area contributed by atoms with E-state index in [0.717, 1.165) is 17.1 Å². The minimum atomic E-state index is 0.348. The zero-order chi connectivity index (χ0) is 15.1. The van der Waals surface area contributed by atoms with Gasteiger partial charge in [-0.05, 0) is 23.4 Å². The molecule has 2 aromatic heterocycles. The smallest absolute Gasteiger partial charge is 0.197 e. The molecule has 0 unspecified atom stereocenters. The number of ether oxygens (including phenoxy) is 1. The van der Waals surface area contributed by atoms with Gasteiger partial charge in [-0.2, -0.15) is 0 Å². The molecule has 0 radical (unpaired) electrons. The van der Waals surface area contributed by atoms with Gasteiger partial charge >= 0.3 is 0 Å². The molecule has 0 aromatic carbocycles. The minimum Gasteiger partial charge on any atom is -0.383 e. The molecule has 0 amide bonds. The van der Waals surface area contributed by atoms with Gasteiger partial charge in [-0.15, -0.1) is 0 Å². The van der Waals surface area contributed by atoms with Crippen LogP contribution in [0.25, 0.3) is 0 Å². The first-order valence-corrected chi connectivity index (χ1v) is 7.22. The maximum Gasteiger partial charge on any atom is 0.197 e. The first-order valence-electron chi connectivity index (χ1n) is 6.40. The van der Waals surface area contributed by atoms with E-state index in [9.17, 15) is 0 Å². The molecule has 0 aliphatic rings. The van der Waals surface area contributed by atoms with Crippen molar-refractivity contribution in [2.24, 2.45) is 0 Å². The molecule has 0 bridgehead atoms. The van der Waals surface area contributed by atoms with Crippen molar-refractivity contribution in [3.05, 3.63) is 30.0 Å². The van der Waals surface area contributed by atoms with Gasteiger partial charge in [-0.3, -0.25) is 0 Å². The highest BCUT2D eigenvalue weighted by molar-refractivity contribution is 7.99. The first kappa shape index (κ1) is 15.5. The monoisotopic (exact) mass is 306 g/mol. The Morgan fingerprint density at radius 2 is 2.05 bits per heavy atom. The van der Waals surface area contributed by atoms with Crippen molar-refractivity contribution in [1.82, 2.24) is 20.3 Å². The third-order valence-electron chi connectivity index (χ3n) is 2.58. The van der Waals surface area contributed by atoms with Gasteiger partial charge in [0.1, 0.15) is 16.7 Å². The SMILES string of the molecule is COCCNCc1cccnc1Sc1nc(N)cc(N)n1. The lowest BCUT2D eigenvalue weighted by Gasteiger charge is -2.09. The fourth-order valence-electron chi connectivity index (χ4n) is 1.64. The van der Waals surface area contributed by atoms with Crippen molar-refractivity contribution in [3.63, 3.8) is 0 Å².